The van der Waals surface area contributed by atoms with E-state index in [9.17, 15) is 8.42 Å². The second kappa shape index (κ2) is 6.32. The third-order valence-electron chi connectivity index (χ3n) is 2.37. The maximum absolute atomic E-state index is 11.8. The molecule has 4 nitrogen and oxygen atoms in total. The van der Waals surface area contributed by atoms with E-state index in [-0.39, 0.29) is 41.0 Å². The zero-order valence-corrected chi connectivity index (χ0v) is 9.74. The van der Waals surface area contributed by atoms with Crippen LogP contribution in [0.15, 0.2) is 47.4 Å². The summed E-state index contributed by atoms with van der Waals surface area (Å²) in [6.45, 7) is -0.227. The molecule has 0 radical (unpaired) electrons. The fourth-order valence-corrected chi connectivity index (χ4v) is 2.50. The van der Waals surface area contributed by atoms with E-state index in [0.29, 0.717) is 0 Å². The molecule has 0 saturated carbocycles. The van der Waals surface area contributed by atoms with Gasteiger partial charge in [-0.3, -0.25) is 0 Å². The van der Waals surface area contributed by atoms with Crippen molar-refractivity contribution in [2.45, 2.75) is 4.90 Å². The van der Waals surface area contributed by atoms with Crippen molar-refractivity contribution >= 4 is 50.4 Å². The summed E-state index contributed by atoms with van der Waals surface area (Å²) in [6, 6.07) is 14.1. The average Bonchev–Trinajstić information content (AvgIpc) is 2.36. The van der Waals surface area contributed by atoms with Crippen LogP contribution in [0.3, 0.4) is 0 Å². The van der Waals surface area contributed by atoms with Crippen LogP contribution in [-0.2, 0) is 10.0 Å². The molecule has 0 heterocycles. The first kappa shape index (κ1) is 15.2. The molecule has 2 rings (SSSR count). The molecule has 0 atom stereocenters. The van der Waals surface area contributed by atoms with Gasteiger partial charge < -0.3 is 0 Å². The number of benzene rings is 2. The molecule has 0 aliphatic carbocycles. The summed E-state index contributed by atoms with van der Waals surface area (Å²) in [7, 11) is -3.59. The Bertz CT molecular complexity index is 693. The number of rotatable bonds is 3. The third-order valence-corrected chi connectivity index (χ3v) is 3.77. The number of sulfonamides is 1. The molecule has 2 aromatic rings. The fraction of sp³-hybridized carbons (Fsp3) is 0.0833. The minimum absolute atomic E-state index is 0. The van der Waals surface area contributed by atoms with Crippen LogP contribution in [0.2, 0.25) is 0 Å². The number of hydrogen-bond donors (Lipinski definition) is 1. The van der Waals surface area contributed by atoms with Gasteiger partial charge in [0.2, 0.25) is 10.0 Å². The molecule has 0 spiro atoms. The summed E-state index contributed by atoms with van der Waals surface area (Å²) in [6.07, 6.45) is 0. The summed E-state index contributed by atoms with van der Waals surface area (Å²) in [5, 5.41) is 10.2. The molecule has 6 heteroatoms. The van der Waals surface area contributed by atoms with Gasteiger partial charge in [0, 0.05) is 0 Å². The van der Waals surface area contributed by atoms with Crippen molar-refractivity contribution in [1.29, 1.82) is 5.26 Å². The molecule has 2 aromatic carbocycles. The van der Waals surface area contributed by atoms with Crippen LogP contribution in [-0.4, -0.2) is 44.5 Å². The minimum atomic E-state index is -3.59. The second-order valence-electron chi connectivity index (χ2n) is 3.49. The Kier molecular flexibility index (Phi) is 5.32. The number of nitrogens with zero attached hydrogens (tertiary/aromatic N) is 1. The summed E-state index contributed by atoms with van der Waals surface area (Å²) >= 11 is 0. The van der Waals surface area contributed by atoms with Gasteiger partial charge >= 0.3 is 29.6 Å². The van der Waals surface area contributed by atoms with E-state index in [0.717, 1.165) is 10.8 Å². The third kappa shape index (κ3) is 3.31. The first-order chi connectivity index (χ1) is 8.13. The molecule has 0 unspecified atom stereocenters. The van der Waals surface area contributed by atoms with Crippen molar-refractivity contribution in [3.05, 3.63) is 42.5 Å². The number of nitriles is 1. The summed E-state index contributed by atoms with van der Waals surface area (Å²) in [5.41, 5.74) is 0. The van der Waals surface area contributed by atoms with Gasteiger partial charge in [-0.05, 0) is 22.9 Å². The van der Waals surface area contributed by atoms with Gasteiger partial charge in [0.15, 0.2) is 0 Å². The van der Waals surface area contributed by atoms with Crippen LogP contribution in [0, 0.1) is 11.3 Å². The van der Waals surface area contributed by atoms with E-state index in [1.807, 2.05) is 24.3 Å². The molecule has 0 fully saturated rings. The number of nitrogens with one attached hydrogen (secondary N) is 1. The Balaban J connectivity index is 0.00000162. The molecule has 0 bridgehead atoms. The topological polar surface area (TPSA) is 70.0 Å². The predicted octanol–water partition coefficient (Wildman–Crippen LogP) is 0.993. The fourth-order valence-electron chi connectivity index (χ4n) is 1.55. The van der Waals surface area contributed by atoms with E-state index in [1.165, 1.54) is 6.07 Å². The Labute approximate surface area is 128 Å². The average molecular weight is 270 g/mol. The summed E-state index contributed by atoms with van der Waals surface area (Å²) in [5.74, 6) is 0. The molecule has 0 amide bonds. The van der Waals surface area contributed by atoms with Crippen molar-refractivity contribution < 1.29 is 8.42 Å². The van der Waals surface area contributed by atoms with Gasteiger partial charge in [0.05, 0.1) is 17.5 Å². The number of hydrogen-bond acceptors (Lipinski definition) is 3. The van der Waals surface area contributed by atoms with E-state index in [2.05, 4.69) is 4.72 Å². The van der Waals surface area contributed by atoms with Crippen molar-refractivity contribution in [2.75, 3.05) is 6.54 Å². The second-order valence-corrected chi connectivity index (χ2v) is 5.26. The van der Waals surface area contributed by atoms with Gasteiger partial charge in [-0.2, -0.15) is 9.98 Å². The molecule has 0 aliphatic heterocycles. The molecule has 0 aliphatic rings. The molecule has 0 saturated heterocycles. The van der Waals surface area contributed by atoms with E-state index >= 15 is 0 Å². The molecule has 1 N–H and O–H groups in total. The van der Waals surface area contributed by atoms with Crippen LogP contribution in [0.5, 0.6) is 0 Å². The van der Waals surface area contributed by atoms with Gasteiger partial charge in [0.25, 0.3) is 0 Å². The predicted molar refractivity (Wildman–Crippen MR) is 71.9 cm³/mol. The van der Waals surface area contributed by atoms with Crippen LogP contribution in [0.1, 0.15) is 0 Å². The van der Waals surface area contributed by atoms with Crippen molar-refractivity contribution in [3.8, 4) is 6.07 Å². The molecular formula is C12H11N2NaO2S. The zero-order valence-electron chi connectivity index (χ0n) is 8.92. The van der Waals surface area contributed by atoms with E-state index in [1.54, 1.807) is 18.2 Å². The van der Waals surface area contributed by atoms with Crippen LogP contribution in [0.25, 0.3) is 10.8 Å². The van der Waals surface area contributed by atoms with Crippen LogP contribution in [0.4, 0.5) is 0 Å². The quantitative estimate of drug-likeness (QED) is 0.668. The Morgan fingerprint density at radius 1 is 1.11 bits per heavy atom. The zero-order chi connectivity index (χ0) is 12.3. The Morgan fingerprint density at radius 2 is 1.78 bits per heavy atom. The van der Waals surface area contributed by atoms with Gasteiger partial charge in [-0.15, -0.1) is 0 Å². The van der Waals surface area contributed by atoms with Gasteiger partial charge in [0.1, 0.15) is 0 Å². The van der Waals surface area contributed by atoms with E-state index in [4.69, 9.17) is 5.26 Å². The van der Waals surface area contributed by atoms with Crippen molar-refractivity contribution in [1.82, 2.24) is 4.72 Å². The summed E-state index contributed by atoms with van der Waals surface area (Å²) < 4.78 is 25.7. The van der Waals surface area contributed by atoms with Crippen molar-refractivity contribution in [2.24, 2.45) is 0 Å². The molecule has 88 valence electrons. The van der Waals surface area contributed by atoms with Crippen LogP contribution < -0.4 is 4.72 Å². The molecule has 0 aromatic heterocycles. The maximum atomic E-state index is 11.8. The van der Waals surface area contributed by atoms with Crippen LogP contribution >= 0.6 is 0 Å². The molecular weight excluding hydrogens is 259 g/mol. The Morgan fingerprint density at radius 3 is 2.44 bits per heavy atom. The first-order valence-electron chi connectivity index (χ1n) is 4.99. The monoisotopic (exact) mass is 270 g/mol. The van der Waals surface area contributed by atoms with Gasteiger partial charge in [-0.25, -0.2) is 8.42 Å². The Hall–Kier alpha value is -0.900. The number of fused-ring (bicyclic) bond motifs is 1. The summed E-state index contributed by atoms with van der Waals surface area (Å²) in [4.78, 5) is 0.173. The van der Waals surface area contributed by atoms with E-state index < -0.39 is 10.0 Å². The molecule has 18 heavy (non-hydrogen) atoms. The normalized spacial score (nSPS) is 10.6. The first-order valence-corrected chi connectivity index (χ1v) is 6.47. The standard InChI is InChI=1S/C12H10N2O2S.Na.H/c13-7-8-14-17(15,16)12-6-5-10-3-1-2-4-11(10)9-12;;/h1-6,9,14H,8H2;;. The van der Waals surface area contributed by atoms with Gasteiger partial charge in [-0.1, -0.05) is 30.3 Å². The SMILES string of the molecule is N#CCNS(=O)(=O)c1ccc2ccccc2c1.[NaH]. The van der Waals surface area contributed by atoms with Crippen molar-refractivity contribution in [3.63, 3.8) is 0 Å².